The number of H-pyrrole nitrogens is 1. The molecular weight excluding hydrogens is 258 g/mol. The van der Waals surface area contributed by atoms with Crippen molar-refractivity contribution in [2.75, 3.05) is 0 Å². The number of nitrogens with zero attached hydrogens (tertiary/aromatic N) is 2. The Hall–Kier alpha value is -2.52. The van der Waals surface area contributed by atoms with Crippen molar-refractivity contribution in [3.8, 4) is 0 Å². The Morgan fingerprint density at radius 2 is 2.11 bits per heavy atom. The number of aliphatic carboxylic acids is 1. The molecule has 0 bridgehead atoms. The molecule has 0 amide bonds. The minimum atomic E-state index is -2.03. The smallest absolute Gasteiger partial charge is 0.335 e. The summed E-state index contributed by atoms with van der Waals surface area (Å²) in [5.74, 6) is -1.77. The number of non-ortho nitro benzene ring substituents is 1. The van der Waals surface area contributed by atoms with E-state index in [2.05, 4.69) is 9.97 Å². The lowest BCUT2D eigenvalue weighted by atomic mass is 10.2. The van der Waals surface area contributed by atoms with E-state index < -0.39 is 23.1 Å². The van der Waals surface area contributed by atoms with E-state index in [4.69, 9.17) is 5.11 Å². The van der Waals surface area contributed by atoms with Crippen LogP contribution in [0.4, 0.5) is 5.69 Å². The van der Waals surface area contributed by atoms with Crippen molar-refractivity contribution >= 4 is 22.7 Å². The average Bonchev–Trinajstić information content (AvgIpc) is 2.79. The van der Waals surface area contributed by atoms with Gasteiger partial charge < -0.3 is 20.3 Å². The van der Waals surface area contributed by atoms with Gasteiger partial charge in [0.2, 0.25) is 0 Å². The van der Waals surface area contributed by atoms with Crippen LogP contribution in [0.25, 0.3) is 11.0 Å². The number of carbonyl (C=O) groups is 1. The Labute approximate surface area is 105 Å². The molecule has 9 nitrogen and oxygen atoms in total. The van der Waals surface area contributed by atoms with Crippen molar-refractivity contribution in [2.24, 2.45) is 0 Å². The van der Waals surface area contributed by atoms with Crippen LogP contribution in [0.2, 0.25) is 0 Å². The standard InChI is InChI=1S/C10H9N3O6/c14-7(8(15)10(16)17)9-11-5-2-1-4(13(18)19)3-6(5)12-9/h1-3,7-8,14-15H,(H,11,12)(H,16,17)/t7-,8+/m0/s1. The molecule has 0 aliphatic carbocycles. The first-order valence-corrected chi connectivity index (χ1v) is 5.13. The second-order valence-corrected chi connectivity index (χ2v) is 3.81. The number of hydrogen-bond donors (Lipinski definition) is 4. The molecule has 100 valence electrons. The quantitative estimate of drug-likeness (QED) is 0.448. The normalized spacial score (nSPS) is 14.2. The van der Waals surface area contributed by atoms with Crippen molar-refractivity contribution in [1.29, 1.82) is 0 Å². The third kappa shape index (κ3) is 2.37. The molecule has 0 radical (unpaired) electrons. The number of aliphatic hydroxyl groups is 2. The first kappa shape index (κ1) is 12.9. The third-order valence-corrected chi connectivity index (χ3v) is 2.53. The highest BCUT2D eigenvalue weighted by molar-refractivity contribution is 5.78. The highest BCUT2D eigenvalue weighted by atomic mass is 16.6. The molecule has 19 heavy (non-hydrogen) atoms. The van der Waals surface area contributed by atoms with Gasteiger partial charge in [-0.05, 0) is 6.07 Å². The molecule has 1 aromatic heterocycles. The number of hydrogen-bond acceptors (Lipinski definition) is 6. The van der Waals surface area contributed by atoms with Gasteiger partial charge >= 0.3 is 5.97 Å². The first-order chi connectivity index (χ1) is 8.90. The summed E-state index contributed by atoms with van der Waals surface area (Å²) in [5, 5.41) is 37.9. The molecule has 1 heterocycles. The van der Waals surface area contributed by atoms with E-state index in [0.717, 1.165) is 0 Å². The molecule has 0 aliphatic heterocycles. The van der Waals surface area contributed by atoms with Gasteiger partial charge in [-0.25, -0.2) is 9.78 Å². The van der Waals surface area contributed by atoms with Crippen LogP contribution in [0.5, 0.6) is 0 Å². The summed E-state index contributed by atoms with van der Waals surface area (Å²) in [6.07, 6.45) is -3.78. The van der Waals surface area contributed by atoms with Gasteiger partial charge in [0.25, 0.3) is 5.69 Å². The number of aromatic nitrogens is 2. The summed E-state index contributed by atoms with van der Waals surface area (Å²) in [4.78, 5) is 26.9. The maximum Gasteiger partial charge on any atom is 0.335 e. The van der Waals surface area contributed by atoms with E-state index >= 15 is 0 Å². The predicted molar refractivity (Wildman–Crippen MR) is 61.4 cm³/mol. The number of fused-ring (bicyclic) bond motifs is 1. The molecule has 0 saturated carbocycles. The molecule has 0 fully saturated rings. The zero-order valence-electron chi connectivity index (χ0n) is 9.35. The van der Waals surface area contributed by atoms with E-state index in [1.54, 1.807) is 0 Å². The molecule has 9 heteroatoms. The lowest BCUT2D eigenvalue weighted by molar-refractivity contribution is -0.384. The first-order valence-electron chi connectivity index (χ1n) is 5.13. The lowest BCUT2D eigenvalue weighted by Crippen LogP contribution is -2.28. The molecule has 2 rings (SSSR count). The van der Waals surface area contributed by atoms with Gasteiger partial charge in [-0.15, -0.1) is 0 Å². The van der Waals surface area contributed by atoms with Gasteiger partial charge in [0.05, 0.1) is 16.0 Å². The molecular formula is C10H9N3O6. The molecule has 0 aliphatic rings. The topological polar surface area (TPSA) is 150 Å². The molecule has 2 aromatic rings. The van der Waals surface area contributed by atoms with Gasteiger partial charge in [0.1, 0.15) is 11.9 Å². The van der Waals surface area contributed by atoms with Crippen LogP contribution >= 0.6 is 0 Å². The van der Waals surface area contributed by atoms with Crippen molar-refractivity contribution in [3.05, 3.63) is 34.1 Å². The number of carboxylic acids is 1. The number of nitro benzene ring substituents is 1. The van der Waals surface area contributed by atoms with Gasteiger partial charge in [-0.3, -0.25) is 10.1 Å². The maximum absolute atomic E-state index is 10.6. The fraction of sp³-hybridized carbons (Fsp3) is 0.200. The van der Waals surface area contributed by atoms with Crippen molar-refractivity contribution in [1.82, 2.24) is 9.97 Å². The van der Waals surface area contributed by atoms with Crippen molar-refractivity contribution in [2.45, 2.75) is 12.2 Å². The number of benzene rings is 1. The average molecular weight is 267 g/mol. The fourth-order valence-electron chi connectivity index (χ4n) is 1.56. The highest BCUT2D eigenvalue weighted by Gasteiger charge is 2.27. The van der Waals surface area contributed by atoms with Crippen molar-refractivity contribution in [3.63, 3.8) is 0 Å². The second-order valence-electron chi connectivity index (χ2n) is 3.81. The Balaban J connectivity index is 2.41. The molecule has 1 aromatic carbocycles. The number of imidazole rings is 1. The molecule has 0 saturated heterocycles. The van der Waals surface area contributed by atoms with Crippen LogP contribution in [-0.4, -0.2) is 42.3 Å². The van der Waals surface area contributed by atoms with Gasteiger partial charge in [-0.2, -0.15) is 0 Å². The van der Waals surface area contributed by atoms with Gasteiger partial charge in [0.15, 0.2) is 6.10 Å². The van der Waals surface area contributed by atoms with Crippen LogP contribution in [0.3, 0.4) is 0 Å². The molecule has 2 atom stereocenters. The van der Waals surface area contributed by atoms with Crippen LogP contribution in [0.15, 0.2) is 18.2 Å². The van der Waals surface area contributed by atoms with Crippen molar-refractivity contribution < 1.29 is 25.0 Å². The van der Waals surface area contributed by atoms with E-state index in [1.807, 2.05) is 0 Å². The monoisotopic (exact) mass is 267 g/mol. The lowest BCUT2D eigenvalue weighted by Gasteiger charge is -2.10. The summed E-state index contributed by atoms with van der Waals surface area (Å²) in [5.41, 5.74) is 0.411. The van der Waals surface area contributed by atoms with Gasteiger partial charge in [-0.1, -0.05) is 0 Å². The Bertz CT molecular complexity index is 652. The van der Waals surface area contributed by atoms with E-state index in [-0.39, 0.29) is 17.0 Å². The summed E-state index contributed by atoms with van der Waals surface area (Å²) < 4.78 is 0. The minimum Gasteiger partial charge on any atom is -0.479 e. The van der Waals surface area contributed by atoms with Gasteiger partial charge in [0, 0.05) is 12.1 Å². The molecule has 0 unspecified atom stereocenters. The zero-order chi connectivity index (χ0) is 14.2. The van der Waals surface area contributed by atoms with Crippen LogP contribution < -0.4 is 0 Å². The number of aliphatic hydroxyl groups excluding tert-OH is 2. The summed E-state index contributed by atoms with van der Waals surface area (Å²) >= 11 is 0. The number of nitrogens with one attached hydrogen (secondary N) is 1. The number of carboxylic acid groups (broad SMARTS) is 1. The Kier molecular flexibility index (Phi) is 3.15. The third-order valence-electron chi connectivity index (χ3n) is 2.53. The van der Waals surface area contributed by atoms with E-state index in [0.29, 0.717) is 5.52 Å². The fourth-order valence-corrected chi connectivity index (χ4v) is 1.56. The summed E-state index contributed by atoms with van der Waals surface area (Å²) in [6, 6.07) is 3.78. The maximum atomic E-state index is 10.6. The van der Waals surface area contributed by atoms with Crippen LogP contribution in [0, 0.1) is 10.1 Å². The highest BCUT2D eigenvalue weighted by Crippen LogP contribution is 2.22. The number of aromatic amines is 1. The number of rotatable bonds is 4. The van der Waals surface area contributed by atoms with E-state index in [9.17, 15) is 25.1 Å². The largest absolute Gasteiger partial charge is 0.479 e. The SMILES string of the molecule is O=C(O)[C@H](O)[C@H](O)c1nc2ccc([N+](=O)[O-])cc2[nH]1. The predicted octanol–water partition coefficient (Wildman–Crippen LogP) is -0.0500. The minimum absolute atomic E-state index is 0.170. The van der Waals surface area contributed by atoms with Crippen LogP contribution in [-0.2, 0) is 4.79 Å². The second kappa shape index (κ2) is 4.63. The van der Waals surface area contributed by atoms with E-state index in [1.165, 1.54) is 18.2 Å². The zero-order valence-corrected chi connectivity index (χ0v) is 9.35. The molecule has 4 N–H and O–H groups in total. The Morgan fingerprint density at radius 1 is 1.42 bits per heavy atom. The van der Waals surface area contributed by atoms with Crippen LogP contribution in [0.1, 0.15) is 11.9 Å². The summed E-state index contributed by atoms with van der Waals surface area (Å²) in [7, 11) is 0. The number of nitro groups is 1. The Morgan fingerprint density at radius 3 is 2.68 bits per heavy atom. The summed E-state index contributed by atoms with van der Waals surface area (Å²) in [6.45, 7) is 0. The molecule has 0 spiro atoms.